The van der Waals surface area contributed by atoms with Crippen molar-refractivity contribution in [1.82, 2.24) is 0 Å². The van der Waals surface area contributed by atoms with Gasteiger partial charge in [-0.25, -0.2) is 0 Å². The van der Waals surface area contributed by atoms with E-state index in [1.807, 2.05) is 44.2 Å². The predicted molar refractivity (Wildman–Crippen MR) is 71.1 cm³/mol. The van der Waals surface area contributed by atoms with E-state index in [0.717, 1.165) is 0 Å². The molecule has 0 radical (unpaired) electrons. The van der Waals surface area contributed by atoms with Gasteiger partial charge in [0.25, 0.3) is 0 Å². The van der Waals surface area contributed by atoms with E-state index in [1.54, 1.807) is 0 Å². The molecule has 1 heteroatoms. The van der Waals surface area contributed by atoms with Crippen LogP contribution < -0.4 is 5.73 Å². The summed E-state index contributed by atoms with van der Waals surface area (Å²) in [6.07, 6.45) is 0. The molecule has 0 unspecified atom stereocenters. The second-order valence-electron chi connectivity index (χ2n) is 3.23. The van der Waals surface area contributed by atoms with E-state index in [2.05, 4.69) is 24.3 Å². The molecule has 0 atom stereocenters. The Kier molecular flexibility index (Phi) is 5.30. The van der Waals surface area contributed by atoms with E-state index in [0.29, 0.717) is 6.54 Å². The van der Waals surface area contributed by atoms with E-state index < -0.39 is 0 Å². The molecule has 0 aliphatic heterocycles. The van der Waals surface area contributed by atoms with Crippen LogP contribution in [0.2, 0.25) is 0 Å². The van der Waals surface area contributed by atoms with Crippen molar-refractivity contribution in [3.05, 3.63) is 60.2 Å². The highest BCUT2D eigenvalue weighted by Gasteiger charge is 2.00. The average molecular weight is 213 g/mol. The summed E-state index contributed by atoms with van der Waals surface area (Å²) in [5.41, 5.74) is 9.34. The minimum absolute atomic E-state index is 0.588. The third kappa shape index (κ3) is 2.94. The zero-order chi connectivity index (χ0) is 11.8. The summed E-state index contributed by atoms with van der Waals surface area (Å²) < 4.78 is 0. The van der Waals surface area contributed by atoms with Crippen LogP contribution in [0.3, 0.4) is 0 Å². The Morgan fingerprint density at radius 2 is 1.38 bits per heavy atom. The quantitative estimate of drug-likeness (QED) is 0.806. The number of benzene rings is 2. The molecular formula is C15H19N. The minimum atomic E-state index is 0.588. The highest BCUT2D eigenvalue weighted by atomic mass is 14.5. The van der Waals surface area contributed by atoms with Gasteiger partial charge in [0.1, 0.15) is 0 Å². The van der Waals surface area contributed by atoms with Crippen LogP contribution in [0.1, 0.15) is 19.4 Å². The fourth-order valence-electron chi connectivity index (χ4n) is 1.60. The molecule has 2 rings (SSSR count). The zero-order valence-corrected chi connectivity index (χ0v) is 9.98. The van der Waals surface area contributed by atoms with Gasteiger partial charge in [-0.3, -0.25) is 0 Å². The molecule has 1 nitrogen and oxygen atoms in total. The van der Waals surface area contributed by atoms with Crippen molar-refractivity contribution in [2.75, 3.05) is 0 Å². The van der Waals surface area contributed by atoms with Crippen LogP contribution in [0.25, 0.3) is 11.1 Å². The van der Waals surface area contributed by atoms with Crippen molar-refractivity contribution in [3.63, 3.8) is 0 Å². The van der Waals surface area contributed by atoms with Crippen LogP contribution in [0.15, 0.2) is 54.6 Å². The van der Waals surface area contributed by atoms with Gasteiger partial charge >= 0.3 is 0 Å². The van der Waals surface area contributed by atoms with Gasteiger partial charge in [-0.2, -0.15) is 0 Å². The van der Waals surface area contributed by atoms with Gasteiger partial charge in [0.05, 0.1) is 0 Å². The maximum Gasteiger partial charge on any atom is 0.0184 e. The summed E-state index contributed by atoms with van der Waals surface area (Å²) in [6, 6.07) is 18.6. The SMILES string of the molecule is CC.NCc1ccccc1-c1ccccc1. The lowest BCUT2D eigenvalue weighted by Gasteiger charge is -2.06. The highest BCUT2D eigenvalue weighted by Crippen LogP contribution is 2.22. The van der Waals surface area contributed by atoms with Gasteiger partial charge < -0.3 is 5.73 Å². The normalized spacial score (nSPS) is 9.19. The van der Waals surface area contributed by atoms with Gasteiger partial charge in [0, 0.05) is 6.54 Å². The molecule has 0 saturated carbocycles. The molecular weight excluding hydrogens is 194 g/mol. The van der Waals surface area contributed by atoms with E-state index in [1.165, 1.54) is 16.7 Å². The molecule has 0 heterocycles. The van der Waals surface area contributed by atoms with E-state index >= 15 is 0 Å². The standard InChI is InChI=1S/C13H13N.C2H6/c14-10-12-8-4-5-9-13(12)11-6-2-1-3-7-11;1-2/h1-9H,10,14H2;1-2H3. The zero-order valence-electron chi connectivity index (χ0n) is 9.98. The summed E-state index contributed by atoms with van der Waals surface area (Å²) >= 11 is 0. The summed E-state index contributed by atoms with van der Waals surface area (Å²) in [7, 11) is 0. The first-order chi connectivity index (χ1) is 7.92. The van der Waals surface area contributed by atoms with Crippen molar-refractivity contribution >= 4 is 0 Å². The van der Waals surface area contributed by atoms with Crippen LogP contribution in [-0.4, -0.2) is 0 Å². The maximum absolute atomic E-state index is 5.69. The van der Waals surface area contributed by atoms with Gasteiger partial charge in [-0.15, -0.1) is 0 Å². The second-order valence-corrected chi connectivity index (χ2v) is 3.23. The monoisotopic (exact) mass is 213 g/mol. The van der Waals surface area contributed by atoms with E-state index in [-0.39, 0.29) is 0 Å². The molecule has 84 valence electrons. The van der Waals surface area contributed by atoms with Crippen molar-refractivity contribution in [2.24, 2.45) is 5.73 Å². The van der Waals surface area contributed by atoms with Crippen LogP contribution in [-0.2, 0) is 6.54 Å². The molecule has 0 aliphatic rings. The Hall–Kier alpha value is -1.60. The maximum atomic E-state index is 5.69. The third-order valence-corrected chi connectivity index (χ3v) is 2.32. The fraction of sp³-hybridized carbons (Fsp3) is 0.200. The third-order valence-electron chi connectivity index (χ3n) is 2.32. The predicted octanol–water partition coefficient (Wildman–Crippen LogP) is 3.84. The number of hydrogen-bond acceptors (Lipinski definition) is 1. The molecule has 0 aliphatic carbocycles. The molecule has 2 aromatic rings. The topological polar surface area (TPSA) is 26.0 Å². The molecule has 0 bridgehead atoms. The summed E-state index contributed by atoms with van der Waals surface area (Å²) in [5, 5.41) is 0. The molecule has 2 N–H and O–H groups in total. The lowest BCUT2D eigenvalue weighted by Crippen LogP contribution is -1.98. The smallest absolute Gasteiger partial charge is 0.0184 e. The van der Waals surface area contributed by atoms with Crippen LogP contribution in [0.5, 0.6) is 0 Å². The first-order valence-corrected chi connectivity index (χ1v) is 5.75. The first-order valence-electron chi connectivity index (χ1n) is 5.75. The Morgan fingerprint density at radius 3 is 2.00 bits per heavy atom. The molecule has 0 amide bonds. The number of nitrogens with two attached hydrogens (primary N) is 1. The second kappa shape index (κ2) is 6.81. The van der Waals surface area contributed by atoms with E-state index in [4.69, 9.17) is 5.73 Å². The lowest BCUT2D eigenvalue weighted by atomic mass is 10.00. The van der Waals surface area contributed by atoms with Gasteiger partial charge in [-0.05, 0) is 16.7 Å². The van der Waals surface area contributed by atoms with Gasteiger partial charge in [-0.1, -0.05) is 68.4 Å². The molecule has 0 fully saturated rings. The van der Waals surface area contributed by atoms with Gasteiger partial charge in [0.15, 0.2) is 0 Å². The van der Waals surface area contributed by atoms with Crippen LogP contribution >= 0.6 is 0 Å². The summed E-state index contributed by atoms with van der Waals surface area (Å²) in [6.45, 7) is 4.59. The van der Waals surface area contributed by atoms with Crippen molar-refractivity contribution in [3.8, 4) is 11.1 Å². The van der Waals surface area contributed by atoms with Gasteiger partial charge in [0.2, 0.25) is 0 Å². The minimum Gasteiger partial charge on any atom is -0.326 e. The van der Waals surface area contributed by atoms with Crippen molar-refractivity contribution < 1.29 is 0 Å². The fourth-order valence-corrected chi connectivity index (χ4v) is 1.60. The average Bonchev–Trinajstić information content (AvgIpc) is 2.42. The van der Waals surface area contributed by atoms with Crippen molar-refractivity contribution in [1.29, 1.82) is 0 Å². The molecule has 0 aromatic heterocycles. The molecule has 16 heavy (non-hydrogen) atoms. The molecule has 0 saturated heterocycles. The summed E-state index contributed by atoms with van der Waals surface area (Å²) in [5.74, 6) is 0. The van der Waals surface area contributed by atoms with Crippen LogP contribution in [0.4, 0.5) is 0 Å². The lowest BCUT2D eigenvalue weighted by molar-refractivity contribution is 1.07. The summed E-state index contributed by atoms with van der Waals surface area (Å²) in [4.78, 5) is 0. The van der Waals surface area contributed by atoms with E-state index in [9.17, 15) is 0 Å². The number of hydrogen-bond donors (Lipinski definition) is 1. The Balaban J connectivity index is 0.000000606. The molecule has 2 aromatic carbocycles. The van der Waals surface area contributed by atoms with Crippen LogP contribution in [0, 0.1) is 0 Å². The number of rotatable bonds is 2. The first kappa shape index (κ1) is 12.5. The Morgan fingerprint density at radius 1 is 0.812 bits per heavy atom. The Bertz CT molecular complexity index is 407. The highest BCUT2D eigenvalue weighted by molar-refractivity contribution is 5.67. The van der Waals surface area contributed by atoms with Crippen molar-refractivity contribution in [2.45, 2.75) is 20.4 Å². The molecule has 0 spiro atoms. The Labute approximate surface area is 97.9 Å². The largest absolute Gasteiger partial charge is 0.326 e.